The van der Waals surface area contributed by atoms with Crippen LogP contribution in [0.1, 0.15) is 19.3 Å². The van der Waals surface area contributed by atoms with Gasteiger partial charge in [0.1, 0.15) is 0 Å². The van der Waals surface area contributed by atoms with Crippen molar-refractivity contribution in [3.05, 3.63) is 70.7 Å². The highest BCUT2D eigenvalue weighted by Crippen LogP contribution is 2.32. The van der Waals surface area contributed by atoms with Crippen molar-refractivity contribution < 1.29 is 19.8 Å². The molecule has 0 aliphatic carbocycles. The monoisotopic (exact) mass is 406 g/mol. The van der Waals surface area contributed by atoms with Gasteiger partial charge in [0, 0.05) is 22.1 Å². The molecule has 4 heterocycles. The normalized spacial score (nSPS) is 10.7. The number of carbonyl (C=O) groups excluding carboxylic acids is 2. The molecule has 8 heteroatoms. The second-order valence-electron chi connectivity index (χ2n) is 5.76. The van der Waals surface area contributed by atoms with Gasteiger partial charge in [-0.2, -0.15) is 0 Å². The van der Waals surface area contributed by atoms with Crippen LogP contribution in [0.4, 0.5) is 0 Å². The van der Waals surface area contributed by atoms with Crippen LogP contribution in [0, 0.1) is 0 Å². The molecule has 0 aliphatic heterocycles. The third-order valence-corrected chi connectivity index (χ3v) is 6.19. The van der Waals surface area contributed by atoms with Crippen LogP contribution in [0.15, 0.2) is 60.9 Å². The molecule has 0 atom stereocenters. The van der Waals surface area contributed by atoms with Crippen LogP contribution in [-0.2, 0) is 0 Å². The van der Waals surface area contributed by atoms with Crippen molar-refractivity contribution in [2.24, 2.45) is 0 Å². The van der Waals surface area contributed by atoms with E-state index in [0.717, 1.165) is 43.6 Å². The molecule has 0 aliphatic rings. The van der Waals surface area contributed by atoms with E-state index in [0.29, 0.717) is 11.4 Å². The number of nitrogens with zero attached hydrogens (tertiary/aromatic N) is 2. The molecular formula is C20H10N2O4S2-2. The van der Waals surface area contributed by atoms with Gasteiger partial charge in [-0.05, 0) is 59.7 Å². The van der Waals surface area contributed by atoms with E-state index in [4.69, 9.17) is 0 Å². The molecule has 0 fully saturated rings. The molecule has 0 saturated heterocycles. The summed E-state index contributed by atoms with van der Waals surface area (Å²) in [6.07, 6.45) is 3.27. The van der Waals surface area contributed by atoms with E-state index in [1.165, 1.54) is 12.1 Å². The molecule has 4 rings (SSSR count). The lowest BCUT2D eigenvalue weighted by atomic mass is 10.1. The first kappa shape index (κ1) is 18.0. The predicted molar refractivity (Wildman–Crippen MR) is 103 cm³/mol. The minimum absolute atomic E-state index is 0.162. The summed E-state index contributed by atoms with van der Waals surface area (Å²) in [5.74, 6) is -2.40. The van der Waals surface area contributed by atoms with Crippen LogP contribution < -0.4 is 10.2 Å². The SMILES string of the molecule is O=C([O-])c1ccc(-c2ccnc(-c3cc(-c4ccc(C(=O)[O-])s4)ccn3)c2)s1. The largest absolute Gasteiger partial charge is 0.544 e. The Balaban J connectivity index is 1.69. The van der Waals surface area contributed by atoms with E-state index in [9.17, 15) is 19.8 Å². The molecule has 4 aromatic heterocycles. The molecule has 0 aromatic carbocycles. The van der Waals surface area contributed by atoms with Crippen molar-refractivity contribution in [1.29, 1.82) is 0 Å². The lowest BCUT2D eigenvalue weighted by molar-refractivity contribution is -0.255. The van der Waals surface area contributed by atoms with Crippen molar-refractivity contribution in [1.82, 2.24) is 9.97 Å². The zero-order valence-corrected chi connectivity index (χ0v) is 15.8. The first-order valence-electron chi connectivity index (χ1n) is 8.07. The van der Waals surface area contributed by atoms with Crippen LogP contribution in [0.25, 0.3) is 32.3 Å². The van der Waals surface area contributed by atoms with Crippen LogP contribution in [0.2, 0.25) is 0 Å². The van der Waals surface area contributed by atoms with Crippen LogP contribution in [0.5, 0.6) is 0 Å². The average Bonchev–Trinajstić information content (AvgIpc) is 3.38. The number of aromatic carboxylic acids is 2. The molecular weight excluding hydrogens is 396 g/mol. The summed E-state index contributed by atoms with van der Waals surface area (Å²) in [6.45, 7) is 0. The van der Waals surface area contributed by atoms with Crippen molar-refractivity contribution in [3.8, 4) is 32.3 Å². The topological polar surface area (TPSA) is 106 Å². The second kappa shape index (κ2) is 7.34. The molecule has 138 valence electrons. The molecule has 6 nitrogen and oxygen atoms in total. The Morgan fingerprint density at radius 3 is 1.46 bits per heavy atom. The number of carbonyl (C=O) groups is 2. The van der Waals surface area contributed by atoms with Gasteiger partial charge < -0.3 is 19.8 Å². The fourth-order valence-corrected chi connectivity index (χ4v) is 4.33. The Morgan fingerprint density at radius 2 is 1.11 bits per heavy atom. The van der Waals surface area contributed by atoms with Gasteiger partial charge in [-0.1, -0.05) is 0 Å². The predicted octanol–water partition coefficient (Wildman–Crippen LogP) is 2.33. The fraction of sp³-hybridized carbons (Fsp3) is 0. The highest BCUT2D eigenvalue weighted by atomic mass is 32.1. The maximum Gasteiger partial charge on any atom is 0.0892 e. The number of hydrogen-bond donors (Lipinski definition) is 0. The van der Waals surface area contributed by atoms with Crippen LogP contribution in [0.3, 0.4) is 0 Å². The van der Waals surface area contributed by atoms with Gasteiger partial charge in [0.25, 0.3) is 0 Å². The Bertz CT molecular complexity index is 1100. The summed E-state index contributed by atoms with van der Waals surface area (Å²) in [7, 11) is 0. The molecule has 0 spiro atoms. The minimum Gasteiger partial charge on any atom is -0.544 e. The van der Waals surface area contributed by atoms with E-state index in [1.807, 2.05) is 12.1 Å². The first-order chi connectivity index (χ1) is 13.5. The second-order valence-corrected chi connectivity index (χ2v) is 7.93. The van der Waals surface area contributed by atoms with Gasteiger partial charge in [0.2, 0.25) is 0 Å². The lowest BCUT2D eigenvalue weighted by Gasteiger charge is -2.05. The van der Waals surface area contributed by atoms with Gasteiger partial charge in [-0.3, -0.25) is 9.97 Å². The summed E-state index contributed by atoms with van der Waals surface area (Å²) in [5.41, 5.74) is 2.90. The van der Waals surface area contributed by atoms with Crippen LogP contribution >= 0.6 is 22.7 Å². The molecule has 0 radical (unpaired) electrons. The van der Waals surface area contributed by atoms with E-state index < -0.39 is 11.9 Å². The zero-order valence-electron chi connectivity index (χ0n) is 14.1. The molecule has 0 bridgehead atoms. The summed E-state index contributed by atoms with van der Waals surface area (Å²) in [5, 5.41) is 22.0. The molecule has 28 heavy (non-hydrogen) atoms. The van der Waals surface area contributed by atoms with Crippen molar-refractivity contribution in [3.63, 3.8) is 0 Å². The summed E-state index contributed by atoms with van der Waals surface area (Å²) in [4.78, 5) is 32.6. The Hall–Kier alpha value is -3.36. The highest BCUT2D eigenvalue weighted by Gasteiger charge is 2.10. The summed E-state index contributed by atoms with van der Waals surface area (Å²) >= 11 is 2.27. The van der Waals surface area contributed by atoms with Gasteiger partial charge in [-0.25, -0.2) is 0 Å². The Labute approximate surface area is 167 Å². The van der Waals surface area contributed by atoms with E-state index >= 15 is 0 Å². The highest BCUT2D eigenvalue weighted by molar-refractivity contribution is 7.17. The zero-order chi connectivity index (χ0) is 19.7. The van der Waals surface area contributed by atoms with Crippen molar-refractivity contribution in [2.45, 2.75) is 0 Å². The van der Waals surface area contributed by atoms with Gasteiger partial charge >= 0.3 is 0 Å². The van der Waals surface area contributed by atoms with Gasteiger partial charge in [0.05, 0.1) is 33.1 Å². The van der Waals surface area contributed by atoms with E-state index in [-0.39, 0.29) is 9.75 Å². The fourth-order valence-electron chi connectivity index (χ4n) is 2.65. The third kappa shape index (κ3) is 3.55. The standard InChI is InChI=1S/C20H12N2O4S2/c23-19(24)17-3-1-15(27-17)11-5-7-21-13(9-11)14-10-12(6-8-22-14)16-2-4-18(28-16)20(25)26/h1-10H,(H,23,24)(H,25,26)/p-2. The van der Waals surface area contributed by atoms with Crippen LogP contribution in [-0.4, -0.2) is 21.9 Å². The number of rotatable bonds is 5. The van der Waals surface area contributed by atoms with E-state index in [1.54, 1.807) is 36.7 Å². The number of carboxylic acids is 2. The molecule has 0 N–H and O–H groups in total. The lowest BCUT2D eigenvalue weighted by Crippen LogP contribution is -2.20. The minimum atomic E-state index is -1.20. The van der Waals surface area contributed by atoms with E-state index in [2.05, 4.69) is 9.97 Å². The van der Waals surface area contributed by atoms with Crippen molar-refractivity contribution >= 4 is 34.6 Å². The van der Waals surface area contributed by atoms with Crippen molar-refractivity contribution in [2.75, 3.05) is 0 Å². The third-order valence-electron chi connectivity index (χ3n) is 3.97. The number of pyridine rings is 2. The van der Waals surface area contributed by atoms with Gasteiger partial charge in [-0.15, -0.1) is 22.7 Å². The summed E-state index contributed by atoms with van der Waals surface area (Å²) in [6, 6.07) is 13.7. The maximum atomic E-state index is 11.0. The first-order valence-corrected chi connectivity index (χ1v) is 9.70. The molecule has 0 amide bonds. The Morgan fingerprint density at radius 1 is 0.679 bits per heavy atom. The Kier molecular flexibility index (Phi) is 4.72. The number of carboxylic acid groups (broad SMARTS) is 2. The smallest absolute Gasteiger partial charge is 0.0892 e. The number of thiophene rings is 2. The maximum absolute atomic E-state index is 11.0. The van der Waals surface area contributed by atoms with Gasteiger partial charge in [0.15, 0.2) is 0 Å². The molecule has 4 aromatic rings. The summed E-state index contributed by atoms with van der Waals surface area (Å²) < 4.78 is 0. The molecule has 0 saturated carbocycles. The number of aromatic nitrogens is 2. The number of hydrogen-bond acceptors (Lipinski definition) is 8. The quantitative estimate of drug-likeness (QED) is 0.504. The average molecular weight is 406 g/mol. The molecule has 0 unspecified atom stereocenters.